The fourth-order valence-electron chi connectivity index (χ4n) is 3.42. The second-order valence-corrected chi connectivity index (χ2v) is 6.78. The number of nitrogens with one attached hydrogen (secondary N) is 1. The number of aryl methyl sites for hydroxylation is 2. The maximum Gasteiger partial charge on any atom is 0.123 e. The van der Waals surface area contributed by atoms with Gasteiger partial charge in [0.15, 0.2) is 0 Å². The molecule has 0 bridgehead atoms. The lowest BCUT2D eigenvalue weighted by Crippen LogP contribution is -2.42. The van der Waals surface area contributed by atoms with Gasteiger partial charge in [-0.2, -0.15) is 0 Å². The highest BCUT2D eigenvalue weighted by molar-refractivity contribution is 5.30. The summed E-state index contributed by atoms with van der Waals surface area (Å²) in [5.41, 5.74) is 5.08. The van der Waals surface area contributed by atoms with Crippen molar-refractivity contribution in [3.05, 3.63) is 70.5 Å². The Hall–Kier alpha value is -1.75. The Morgan fingerprint density at radius 3 is 2.48 bits per heavy atom. The van der Waals surface area contributed by atoms with Crippen molar-refractivity contribution in [2.24, 2.45) is 0 Å². The standard InChI is InChI=1S/C21H27FN2O/c1-16-3-4-19(17(2)13-16)14-23-15-21(24-9-11-25-12-10-24)18-5-7-20(22)8-6-18/h3-8,13,21,23H,9-12,14-15H2,1-2H3. The lowest BCUT2D eigenvalue weighted by molar-refractivity contribution is 0.0161. The zero-order valence-corrected chi connectivity index (χ0v) is 15.1. The molecule has 0 spiro atoms. The molecule has 1 aliphatic rings. The van der Waals surface area contributed by atoms with E-state index in [2.05, 4.69) is 42.3 Å². The lowest BCUT2D eigenvalue weighted by atomic mass is 10.0. The van der Waals surface area contributed by atoms with Crippen LogP contribution in [0.15, 0.2) is 42.5 Å². The molecular formula is C21H27FN2O. The smallest absolute Gasteiger partial charge is 0.123 e. The molecule has 3 rings (SSSR count). The van der Waals surface area contributed by atoms with Crippen molar-refractivity contribution in [1.29, 1.82) is 0 Å². The van der Waals surface area contributed by atoms with Crippen LogP contribution in [-0.4, -0.2) is 37.7 Å². The highest BCUT2D eigenvalue weighted by atomic mass is 19.1. The normalized spacial score (nSPS) is 16.8. The van der Waals surface area contributed by atoms with E-state index in [1.54, 1.807) is 12.1 Å². The molecule has 0 amide bonds. The first kappa shape index (κ1) is 18.1. The Bertz CT molecular complexity index is 681. The molecule has 3 nitrogen and oxygen atoms in total. The van der Waals surface area contributed by atoms with Crippen LogP contribution in [0.5, 0.6) is 0 Å². The van der Waals surface area contributed by atoms with Gasteiger partial charge in [-0.25, -0.2) is 4.39 Å². The SMILES string of the molecule is Cc1ccc(CNCC(c2ccc(F)cc2)N2CCOCC2)c(C)c1. The zero-order chi connectivity index (χ0) is 17.6. The van der Waals surface area contributed by atoms with E-state index in [1.165, 1.54) is 16.7 Å². The zero-order valence-electron chi connectivity index (χ0n) is 15.1. The van der Waals surface area contributed by atoms with Gasteiger partial charge in [0, 0.05) is 32.2 Å². The third-order valence-corrected chi connectivity index (χ3v) is 4.89. The van der Waals surface area contributed by atoms with Gasteiger partial charge in [-0.3, -0.25) is 4.90 Å². The Morgan fingerprint density at radius 2 is 1.80 bits per heavy atom. The van der Waals surface area contributed by atoms with E-state index >= 15 is 0 Å². The quantitative estimate of drug-likeness (QED) is 0.868. The molecule has 1 heterocycles. The number of rotatable bonds is 6. The molecule has 0 saturated carbocycles. The third kappa shape index (κ3) is 4.88. The van der Waals surface area contributed by atoms with Gasteiger partial charge in [0.2, 0.25) is 0 Å². The summed E-state index contributed by atoms with van der Waals surface area (Å²) in [4.78, 5) is 2.42. The first-order valence-corrected chi connectivity index (χ1v) is 8.97. The number of halogens is 1. The molecule has 0 aliphatic carbocycles. The van der Waals surface area contributed by atoms with E-state index in [9.17, 15) is 4.39 Å². The van der Waals surface area contributed by atoms with Crippen molar-refractivity contribution < 1.29 is 9.13 Å². The summed E-state index contributed by atoms with van der Waals surface area (Å²) >= 11 is 0. The van der Waals surface area contributed by atoms with E-state index in [0.29, 0.717) is 0 Å². The van der Waals surface area contributed by atoms with Crippen molar-refractivity contribution in [1.82, 2.24) is 10.2 Å². The van der Waals surface area contributed by atoms with Crippen LogP contribution in [0.4, 0.5) is 4.39 Å². The van der Waals surface area contributed by atoms with Gasteiger partial charge in [-0.1, -0.05) is 35.9 Å². The van der Waals surface area contributed by atoms with Gasteiger partial charge in [-0.15, -0.1) is 0 Å². The van der Waals surface area contributed by atoms with Gasteiger partial charge in [0.25, 0.3) is 0 Å². The van der Waals surface area contributed by atoms with Crippen LogP contribution in [-0.2, 0) is 11.3 Å². The predicted octanol–water partition coefficient (Wildman–Crippen LogP) is 3.61. The fourth-order valence-corrected chi connectivity index (χ4v) is 3.42. The number of benzene rings is 2. The van der Waals surface area contributed by atoms with E-state index in [4.69, 9.17) is 4.74 Å². The molecule has 1 unspecified atom stereocenters. The molecular weight excluding hydrogens is 315 g/mol. The van der Waals surface area contributed by atoms with E-state index in [-0.39, 0.29) is 11.9 Å². The van der Waals surface area contributed by atoms with Crippen LogP contribution < -0.4 is 5.32 Å². The number of hydrogen-bond donors (Lipinski definition) is 1. The number of ether oxygens (including phenoxy) is 1. The summed E-state index contributed by atoms with van der Waals surface area (Å²) in [6, 6.07) is 13.7. The van der Waals surface area contributed by atoms with Crippen LogP contribution in [0.1, 0.15) is 28.3 Å². The van der Waals surface area contributed by atoms with E-state index in [1.807, 2.05) is 12.1 Å². The molecule has 0 aromatic heterocycles. The van der Waals surface area contributed by atoms with E-state index in [0.717, 1.165) is 45.0 Å². The van der Waals surface area contributed by atoms with Crippen molar-refractivity contribution in [3.63, 3.8) is 0 Å². The average molecular weight is 342 g/mol. The molecule has 1 N–H and O–H groups in total. The van der Waals surface area contributed by atoms with Crippen LogP contribution in [0, 0.1) is 19.7 Å². The van der Waals surface area contributed by atoms with Crippen LogP contribution in [0.3, 0.4) is 0 Å². The minimum atomic E-state index is -0.187. The third-order valence-electron chi connectivity index (χ3n) is 4.89. The number of hydrogen-bond acceptors (Lipinski definition) is 3. The van der Waals surface area contributed by atoms with Gasteiger partial charge in [0.05, 0.1) is 13.2 Å². The van der Waals surface area contributed by atoms with Crippen LogP contribution in [0.2, 0.25) is 0 Å². The second-order valence-electron chi connectivity index (χ2n) is 6.78. The average Bonchev–Trinajstić information content (AvgIpc) is 2.62. The molecule has 1 aliphatic heterocycles. The molecule has 1 saturated heterocycles. The highest BCUT2D eigenvalue weighted by Gasteiger charge is 2.22. The first-order chi connectivity index (χ1) is 12.1. The minimum absolute atomic E-state index is 0.187. The molecule has 4 heteroatoms. The van der Waals surface area contributed by atoms with Gasteiger partial charge >= 0.3 is 0 Å². The largest absolute Gasteiger partial charge is 0.379 e. The molecule has 0 radical (unpaired) electrons. The van der Waals surface area contributed by atoms with Crippen LogP contribution in [0.25, 0.3) is 0 Å². The number of morpholine rings is 1. The lowest BCUT2D eigenvalue weighted by Gasteiger charge is -2.35. The fraction of sp³-hybridized carbons (Fsp3) is 0.429. The first-order valence-electron chi connectivity index (χ1n) is 8.97. The summed E-state index contributed by atoms with van der Waals surface area (Å²) in [7, 11) is 0. The van der Waals surface area contributed by atoms with Crippen molar-refractivity contribution in [2.45, 2.75) is 26.4 Å². The molecule has 1 atom stereocenters. The van der Waals surface area contributed by atoms with Gasteiger partial charge in [-0.05, 0) is 42.7 Å². The summed E-state index contributed by atoms with van der Waals surface area (Å²) in [6.07, 6.45) is 0. The Balaban J connectivity index is 1.67. The molecule has 1 fully saturated rings. The topological polar surface area (TPSA) is 24.5 Å². The van der Waals surface area contributed by atoms with Crippen molar-refractivity contribution in [2.75, 3.05) is 32.8 Å². The summed E-state index contributed by atoms with van der Waals surface area (Å²) in [5, 5.41) is 3.60. The van der Waals surface area contributed by atoms with Crippen LogP contribution >= 0.6 is 0 Å². The summed E-state index contributed by atoms with van der Waals surface area (Å²) in [6.45, 7) is 9.29. The minimum Gasteiger partial charge on any atom is -0.379 e. The molecule has 25 heavy (non-hydrogen) atoms. The maximum absolute atomic E-state index is 13.3. The maximum atomic E-state index is 13.3. The van der Waals surface area contributed by atoms with Gasteiger partial charge < -0.3 is 10.1 Å². The second kappa shape index (κ2) is 8.56. The Kier molecular flexibility index (Phi) is 6.19. The molecule has 2 aromatic carbocycles. The summed E-state index contributed by atoms with van der Waals surface area (Å²) < 4.78 is 18.8. The highest BCUT2D eigenvalue weighted by Crippen LogP contribution is 2.22. The van der Waals surface area contributed by atoms with Crippen molar-refractivity contribution in [3.8, 4) is 0 Å². The predicted molar refractivity (Wildman–Crippen MR) is 99.2 cm³/mol. The van der Waals surface area contributed by atoms with E-state index < -0.39 is 0 Å². The Morgan fingerprint density at radius 1 is 1.08 bits per heavy atom. The van der Waals surface area contributed by atoms with Gasteiger partial charge in [0.1, 0.15) is 5.82 Å². The summed E-state index contributed by atoms with van der Waals surface area (Å²) in [5.74, 6) is -0.187. The van der Waals surface area contributed by atoms with Crippen molar-refractivity contribution >= 4 is 0 Å². The Labute approximate surface area is 149 Å². The molecule has 2 aromatic rings. The monoisotopic (exact) mass is 342 g/mol. The number of nitrogens with zero attached hydrogens (tertiary/aromatic N) is 1. The molecule has 134 valence electrons.